The smallest absolute Gasteiger partial charge is 0.203 e. The van der Waals surface area contributed by atoms with Crippen molar-refractivity contribution in [3.8, 4) is 17.2 Å². The zero-order valence-corrected chi connectivity index (χ0v) is 16.0. The molecule has 6 nitrogen and oxygen atoms in total. The molecule has 0 aliphatic heterocycles. The second-order valence-electron chi connectivity index (χ2n) is 6.54. The molecule has 0 bridgehead atoms. The first-order chi connectivity index (χ1) is 11.4. The van der Waals surface area contributed by atoms with Crippen LogP contribution in [0.4, 0.5) is 0 Å². The molecule has 0 radical (unpaired) electrons. The highest BCUT2D eigenvalue weighted by atomic mass is 16.5. The van der Waals surface area contributed by atoms with Crippen LogP contribution in [0.25, 0.3) is 0 Å². The van der Waals surface area contributed by atoms with Crippen LogP contribution in [0.5, 0.6) is 17.2 Å². The van der Waals surface area contributed by atoms with Gasteiger partial charge in [-0.2, -0.15) is 0 Å². The van der Waals surface area contributed by atoms with Crippen LogP contribution in [0, 0.1) is 0 Å². The standard InChI is InChI=1S/C18H33N3O3/c1-19(2)10-13-22-16-8-7-9-17(23-14-11-20(3)4)18(16)24-15-12-21(5)6/h7-9H,10-15H2,1-6H3. The molecule has 1 aromatic rings. The van der Waals surface area contributed by atoms with E-state index in [1.54, 1.807) is 0 Å². The number of para-hydroxylation sites is 1. The van der Waals surface area contributed by atoms with E-state index >= 15 is 0 Å². The molecule has 6 heteroatoms. The third kappa shape index (κ3) is 8.38. The van der Waals surface area contributed by atoms with Crippen LogP contribution in [0.15, 0.2) is 18.2 Å². The van der Waals surface area contributed by atoms with Gasteiger partial charge in [-0.3, -0.25) is 0 Å². The fourth-order valence-electron chi connectivity index (χ4n) is 1.87. The van der Waals surface area contributed by atoms with E-state index in [1.807, 2.05) is 60.5 Å². The van der Waals surface area contributed by atoms with E-state index in [9.17, 15) is 0 Å². The van der Waals surface area contributed by atoms with Crippen LogP contribution < -0.4 is 14.2 Å². The topological polar surface area (TPSA) is 37.4 Å². The van der Waals surface area contributed by atoms with E-state index in [4.69, 9.17) is 14.2 Å². The molecule has 0 amide bonds. The maximum Gasteiger partial charge on any atom is 0.203 e. The minimum atomic E-state index is 0.588. The summed E-state index contributed by atoms with van der Waals surface area (Å²) in [6.45, 7) is 4.34. The Morgan fingerprint density at radius 2 is 1.00 bits per heavy atom. The number of hydrogen-bond donors (Lipinski definition) is 0. The molecule has 0 saturated carbocycles. The summed E-state index contributed by atoms with van der Waals surface area (Å²) in [6.07, 6.45) is 0. The van der Waals surface area contributed by atoms with E-state index in [0.717, 1.165) is 31.1 Å². The predicted octanol–water partition coefficient (Wildman–Crippen LogP) is 1.51. The van der Waals surface area contributed by atoms with Crippen molar-refractivity contribution < 1.29 is 14.2 Å². The normalized spacial score (nSPS) is 11.4. The molecule has 0 heterocycles. The molecule has 1 rings (SSSR count). The quantitative estimate of drug-likeness (QED) is 0.575. The molecular weight excluding hydrogens is 306 g/mol. The lowest BCUT2D eigenvalue weighted by Gasteiger charge is -2.19. The van der Waals surface area contributed by atoms with Crippen molar-refractivity contribution in [2.75, 3.05) is 81.7 Å². The number of benzene rings is 1. The SMILES string of the molecule is CN(C)CCOc1cccc(OCCN(C)C)c1OCCN(C)C. The summed E-state index contributed by atoms with van der Waals surface area (Å²) in [5.41, 5.74) is 0. The minimum Gasteiger partial charge on any atom is -0.488 e. The second-order valence-corrected chi connectivity index (χ2v) is 6.54. The summed E-state index contributed by atoms with van der Waals surface area (Å²) in [5.74, 6) is 2.16. The number of hydrogen-bond acceptors (Lipinski definition) is 6. The molecule has 0 N–H and O–H groups in total. The first kappa shape index (κ1) is 20.5. The first-order valence-corrected chi connectivity index (χ1v) is 8.35. The number of likely N-dealkylation sites (N-methyl/N-ethyl adjacent to an activating group) is 3. The Kier molecular flexibility index (Phi) is 9.52. The number of rotatable bonds is 12. The first-order valence-electron chi connectivity index (χ1n) is 8.35. The lowest BCUT2D eigenvalue weighted by Crippen LogP contribution is -2.22. The van der Waals surface area contributed by atoms with E-state index < -0.39 is 0 Å². The molecule has 0 aromatic heterocycles. The largest absolute Gasteiger partial charge is 0.488 e. The van der Waals surface area contributed by atoms with Crippen LogP contribution in [-0.2, 0) is 0 Å². The summed E-state index contributed by atoms with van der Waals surface area (Å²) in [6, 6.07) is 5.80. The van der Waals surface area contributed by atoms with Gasteiger partial charge in [-0.25, -0.2) is 0 Å². The monoisotopic (exact) mass is 339 g/mol. The number of ether oxygens (including phenoxy) is 3. The zero-order chi connectivity index (χ0) is 17.9. The van der Waals surface area contributed by atoms with Crippen molar-refractivity contribution in [2.45, 2.75) is 0 Å². The second kappa shape index (κ2) is 11.1. The number of nitrogens with zero attached hydrogens (tertiary/aromatic N) is 3. The van der Waals surface area contributed by atoms with Crippen molar-refractivity contribution in [2.24, 2.45) is 0 Å². The molecule has 0 aliphatic carbocycles. The summed E-state index contributed by atoms with van der Waals surface area (Å²) >= 11 is 0. The lowest BCUT2D eigenvalue weighted by atomic mass is 10.3. The molecule has 138 valence electrons. The Balaban J connectivity index is 2.78. The van der Waals surface area contributed by atoms with Gasteiger partial charge in [-0.05, 0) is 54.4 Å². The maximum absolute atomic E-state index is 5.98. The van der Waals surface area contributed by atoms with Crippen molar-refractivity contribution in [3.05, 3.63) is 18.2 Å². The summed E-state index contributed by atoms with van der Waals surface area (Å²) in [7, 11) is 12.2. The van der Waals surface area contributed by atoms with Crippen molar-refractivity contribution in [1.29, 1.82) is 0 Å². The van der Waals surface area contributed by atoms with Crippen molar-refractivity contribution in [1.82, 2.24) is 14.7 Å². The van der Waals surface area contributed by atoms with Gasteiger partial charge in [0.05, 0.1) is 0 Å². The molecule has 0 unspecified atom stereocenters. The summed E-state index contributed by atoms with van der Waals surface area (Å²) in [4.78, 5) is 6.26. The van der Waals surface area contributed by atoms with Crippen LogP contribution in [0.2, 0.25) is 0 Å². The van der Waals surface area contributed by atoms with Crippen LogP contribution >= 0.6 is 0 Å². The Morgan fingerprint density at radius 3 is 1.38 bits per heavy atom. The van der Waals surface area contributed by atoms with E-state index in [-0.39, 0.29) is 0 Å². The fraction of sp³-hybridized carbons (Fsp3) is 0.667. The van der Waals surface area contributed by atoms with E-state index in [2.05, 4.69) is 14.7 Å². The molecule has 0 spiro atoms. The van der Waals surface area contributed by atoms with Gasteiger partial charge in [0.25, 0.3) is 0 Å². The highest BCUT2D eigenvalue weighted by Crippen LogP contribution is 2.37. The van der Waals surface area contributed by atoms with Crippen molar-refractivity contribution >= 4 is 0 Å². The van der Waals surface area contributed by atoms with Crippen LogP contribution in [0.3, 0.4) is 0 Å². The predicted molar refractivity (Wildman–Crippen MR) is 98.6 cm³/mol. The van der Waals surface area contributed by atoms with Crippen LogP contribution in [-0.4, -0.2) is 96.4 Å². The van der Waals surface area contributed by atoms with Crippen LogP contribution in [0.1, 0.15) is 0 Å². The highest BCUT2D eigenvalue weighted by molar-refractivity contribution is 5.51. The Hall–Kier alpha value is -1.50. The van der Waals surface area contributed by atoms with Gasteiger partial charge in [-0.1, -0.05) is 6.07 Å². The van der Waals surface area contributed by atoms with Gasteiger partial charge in [0.2, 0.25) is 5.75 Å². The van der Waals surface area contributed by atoms with Gasteiger partial charge in [-0.15, -0.1) is 0 Å². The molecule has 0 aliphatic rings. The zero-order valence-electron chi connectivity index (χ0n) is 16.0. The van der Waals surface area contributed by atoms with Gasteiger partial charge in [0.1, 0.15) is 19.8 Å². The van der Waals surface area contributed by atoms with Crippen molar-refractivity contribution in [3.63, 3.8) is 0 Å². The Morgan fingerprint density at radius 1 is 0.625 bits per heavy atom. The fourth-order valence-corrected chi connectivity index (χ4v) is 1.87. The molecule has 24 heavy (non-hydrogen) atoms. The molecule has 0 atom stereocenters. The maximum atomic E-state index is 5.98. The molecule has 1 aromatic carbocycles. The third-order valence-electron chi connectivity index (χ3n) is 3.32. The average Bonchev–Trinajstić information content (AvgIpc) is 2.48. The van der Waals surface area contributed by atoms with E-state index in [0.29, 0.717) is 25.6 Å². The van der Waals surface area contributed by atoms with Gasteiger partial charge >= 0.3 is 0 Å². The highest BCUT2D eigenvalue weighted by Gasteiger charge is 2.13. The Labute approximate surface area is 146 Å². The Bertz CT molecular complexity index is 433. The third-order valence-corrected chi connectivity index (χ3v) is 3.32. The molecule has 0 fully saturated rings. The lowest BCUT2D eigenvalue weighted by molar-refractivity contribution is 0.208. The van der Waals surface area contributed by atoms with Gasteiger partial charge in [0, 0.05) is 19.6 Å². The molecule has 0 saturated heterocycles. The van der Waals surface area contributed by atoms with Gasteiger partial charge in [0.15, 0.2) is 11.5 Å². The van der Waals surface area contributed by atoms with E-state index in [1.165, 1.54) is 0 Å². The average molecular weight is 339 g/mol. The molecular formula is C18H33N3O3. The van der Waals surface area contributed by atoms with Gasteiger partial charge < -0.3 is 28.9 Å². The minimum absolute atomic E-state index is 0.588. The summed E-state index contributed by atoms with van der Waals surface area (Å²) < 4.78 is 17.8. The summed E-state index contributed by atoms with van der Waals surface area (Å²) in [5, 5.41) is 0.